The first kappa shape index (κ1) is 25.0. The van der Waals surface area contributed by atoms with Gasteiger partial charge in [-0.05, 0) is 79.3 Å². The molecule has 0 aliphatic carbocycles. The van der Waals surface area contributed by atoms with Gasteiger partial charge < -0.3 is 20.0 Å². The molecule has 8 heteroatoms. The van der Waals surface area contributed by atoms with Crippen LogP contribution in [0.25, 0.3) is 0 Å². The van der Waals surface area contributed by atoms with Gasteiger partial charge in [-0.1, -0.05) is 49.9 Å². The molecular weight excluding hydrogens is 500 g/mol. The summed E-state index contributed by atoms with van der Waals surface area (Å²) >= 11 is 7.42. The Bertz CT molecular complexity index is 1410. The van der Waals surface area contributed by atoms with Gasteiger partial charge in [0.25, 0.3) is 0 Å². The Hall–Kier alpha value is -3.62. The van der Waals surface area contributed by atoms with Crippen LogP contribution in [0.3, 0.4) is 0 Å². The predicted octanol–water partition coefficient (Wildman–Crippen LogP) is 6.91. The number of aromatic nitrogens is 1. The summed E-state index contributed by atoms with van der Waals surface area (Å²) in [7, 11) is 0. The first-order valence-electron chi connectivity index (χ1n) is 12.2. The van der Waals surface area contributed by atoms with E-state index in [0.717, 1.165) is 38.4 Å². The van der Waals surface area contributed by atoms with E-state index in [-0.39, 0.29) is 23.9 Å². The number of aryl methyl sites for hydroxylation is 1. The van der Waals surface area contributed by atoms with Crippen molar-refractivity contribution >= 4 is 46.4 Å². The Balaban J connectivity index is 1.50. The third kappa shape index (κ3) is 5.40. The van der Waals surface area contributed by atoms with Crippen molar-refractivity contribution in [3.05, 3.63) is 102 Å². The Kier molecular flexibility index (Phi) is 7.30. The first-order valence-corrected chi connectivity index (χ1v) is 13.4. The molecule has 0 unspecified atom stereocenters. The lowest BCUT2D eigenvalue weighted by Crippen LogP contribution is -2.29. The molecule has 2 aromatic heterocycles. The Morgan fingerprint density at radius 3 is 2.57 bits per heavy atom. The van der Waals surface area contributed by atoms with Gasteiger partial charge in [-0.25, -0.2) is 0 Å². The van der Waals surface area contributed by atoms with Gasteiger partial charge in [-0.3, -0.25) is 9.78 Å². The number of furan rings is 1. The average molecular weight is 529 g/mol. The van der Waals surface area contributed by atoms with E-state index in [4.69, 9.17) is 16.6 Å². The van der Waals surface area contributed by atoms with E-state index in [0.29, 0.717) is 5.11 Å². The number of hydrogen-bond acceptors (Lipinski definition) is 5. The smallest absolute Gasteiger partial charge is 0.226 e. The quantitative estimate of drug-likeness (QED) is 0.253. The van der Waals surface area contributed by atoms with Crippen molar-refractivity contribution in [3.8, 4) is 0 Å². The SMILES string of the molecule is Cc1cc(N2C(=S)N[C@@H](c3ccccn3)[C@H]2c2ccc(Sc3ccccc3)o2)ccc1NC(=O)C(C)C. The second-order valence-electron chi connectivity index (χ2n) is 9.21. The molecule has 5 rings (SSSR count). The molecule has 0 spiro atoms. The minimum atomic E-state index is -0.247. The number of nitrogens with zero attached hydrogens (tertiary/aromatic N) is 2. The largest absolute Gasteiger partial charge is 0.452 e. The van der Waals surface area contributed by atoms with Crippen molar-refractivity contribution in [1.29, 1.82) is 0 Å². The fraction of sp³-hybridized carbons (Fsp3) is 0.207. The molecule has 1 aliphatic rings. The minimum Gasteiger partial charge on any atom is -0.452 e. The highest BCUT2D eigenvalue weighted by Gasteiger charge is 2.42. The van der Waals surface area contributed by atoms with Crippen LogP contribution < -0.4 is 15.5 Å². The summed E-state index contributed by atoms with van der Waals surface area (Å²) in [6, 6.07) is 25.5. The van der Waals surface area contributed by atoms with E-state index < -0.39 is 0 Å². The van der Waals surface area contributed by atoms with Crippen molar-refractivity contribution in [1.82, 2.24) is 10.3 Å². The number of carbonyl (C=O) groups excluding carboxylic acids is 1. The Labute approximate surface area is 226 Å². The Morgan fingerprint density at radius 2 is 1.86 bits per heavy atom. The lowest BCUT2D eigenvalue weighted by molar-refractivity contribution is -0.118. The first-order chi connectivity index (χ1) is 17.9. The summed E-state index contributed by atoms with van der Waals surface area (Å²) in [6.45, 7) is 5.74. The number of nitrogens with one attached hydrogen (secondary N) is 2. The van der Waals surface area contributed by atoms with E-state index in [1.165, 1.54) is 0 Å². The van der Waals surface area contributed by atoms with Gasteiger partial charge >= 0.3 is 0 Å². The number of hydrogen-bond donors (Lipinski definition) is 2. The van der Waals surface area contributed by atoms with Crippen LogP contribution >= 0.6 is 24.0 Å². The van der Waals surface area contributed by atoms with E-state index in [1.807, 2.05) is 87.5 Å². The van der Waals surface area contributed by atoms with Crippen LogP contribution in [0.4, 0.5) is 11.4 Å². The molecule has 6 nitrogen and oxygen atoms in total. The molecule has 0 saturated carbocycles. The highest BCUT2D eigenvalue weighted by atomic mass is 32.2. The second kappa shape index (κ2) is 10.8. The van der Waals surface area contributed by atoms with Gasteiger partial charge in [0.15, 0.2) is 10.2 Å². The van der Waals surface area contributed by atoms with E-state index in [1.54, 1.807) is 18.0 Å². The monoisotopic (exact) mass is 528 g/mol. The number of rotatable bonds is 7. The molecule has 1 amide bonds. The number of thiocarbonyl (C=S) groups is 1. The van der Waals surface area contributed by atoms with Gasteiger partial charge in [-0.15, -0.1) is 0 Å². The number of amides is 1. The van der Waals surface area contributed by atoms with Crippen LogP contribution in [0.15, 0.2) is 99.5 Å². The fourth-order valence-corrected chi connectivity index (χ4v) is 5.44. The van der Waals surface area contributed by atoms with E-state index in [9.17, 15) is 4.79 Å². The molecule has 4 aromatic rings. The van der Waals surface area contributed by atoms with Gasteiger partial charge in [0, 0.05) is 28.4 Å². The highest BCUT2D eigenvalue weighted by Crippen LogP contribution is 2.44. The molecule has 37 heavy (non-hydrogen) atoms. The summed E-state index contributed by atoms with van der Waals surface area (Å²) in [5.41, 5.74) is 3.53. The normalized spacial score (nSPS) is 17.2. The minimum absolute atomic E-state index is 0.0127. The Morgan fingerprint density at radius 1 is 1.08 bits per heavy atom. The molecule has 2 aromatic carbocycles. The fourth-order valence-electron chi connectivity index (χ4n) is 4.29. The summed E-state index contributed by atoms with van der Waals surface area (Å²) in [6.07, 6.45) is 1.79. The maximum atomic E-state index is 12.3. The van der Waals surface area contributed by atoms with Crippen molar-refractivity contribution in [2.75, 3.05) is 10.2 Å². The van der Waals surface area contributed by atoms with Crippen LogP contribution in [0.1, 0.15) is 42.9 Å². The van der Waals surface area contributed by atoms with Crippen LogP contribution in [-0.2, 0) is 4.79 Å². The number of benzene rings is 2. The van der Waals surface area contributed by atoms with Crippen molar-refractivity contribution in [2.24, 2.45) is 5.92 Å². The predicted molar refractivity (Wildman–Crippen MR) is 152 cm³/mol. The maximum absolute atomic E-state index is 12.3. The average Bonchev–Trinajstić information content (AvgIpc) is 3.50. The van der Waals surface area contributed by atoms with Gasteiger partial charge in [0.05, 0.1) is 11.7 Å². The molecule has 0 bridgehead atoms. The maximum Gasteiger partial charge on any atom is 0.226 e. The summed E-state index contributed by atoms with van der Waals surface area (Å²) < 4.78 is 6.39. The number of carbonyl (C=O) groups is 1. The van der Waals surface area contributed by atoms with Crippen LogP contribution in [0, 0.1) is 12.8 Å². The summed E-state index contributed by atoms with van der Waals surface area (Å²) in [5, 5.41) is 7.87. The highest BCUT2D eigenvalue weighted by molar-refractivity contribution is 7.99. The number of pyridine rings is 1. The lowest BCUT2D eigenvalue weighted by Gasteiger charge is -2.27. The number of anilines is 2. The topological polar surface area (TPSA) is 70.4 Å². The molecule has 1 saturated heterocycles. The van der Waals surface area contributed by atoms with Crippen molar-refractivity contribution in [2.45, 2.75) is 42.8 Å². The molecule has 188 valence electrons. The zero-order valence-electron chi connectivity index (χ0n) is 20.8. The van der Waals surface area contributed by atoms with E-state index >= 15 is 0 Å². The molecule has 2 atom stereocenters. The second-order valence-corrected chi connectivity index (χ2v) is 10.7. The molecule has 1 fully saturated rings. The standard InChI is InChI=1S/C29H28N4O2S2/c1-18(2)28(34)31-22-13-12-20(17-19(22)3)33-27(26(32-29(33)36)23-11-7-8-16-30-23)24-14-15-25(35-24)37-21-9-5-4-6-10-21/h4-18,26-27H,1-3H3,(H,31,34)(H,32,36)/t26-,27+/m0/s1. The molecule has 3 heterocycles. The molecule has 0 radical (unpaired) electrons. The van der Waals surface area contributed by atoms with Crippen molar-refractivity contribution in [3.63, 3.8) is 0 Å². The van der Waals surface area contributed by atoms with Gasteiger partial charge in [-0.2, -0.15) is 0 Å². The van der Waals surface area contributed by atoms with Crippen LogP contribution in [0.5, 0.6) is 0 Å². The van der Waals surface area contributed by atoms with Gasteiger partial charge in [0.1, 0.15) is 11.8 Å². The van der Waals surface area contributed by atoms with Gasteiger partial charge in [0.2, 0.25) is 5.91 Å². The third-order valence-electron chi connectivity index (χ3n) is 6.22. The van der Waals surface area contributed by atoms with Crippen molar-refractivity contribution < 1.29 is 9.21 Å². The summed E-state index contributed by atoms with van der Waals surface area (Å²) in [5.74, 6) is 0.678. The molecular formula is C29H28N4O2S2. The molecule has 1 aliphatic heterocycles. The lowest BCUT2D eigenvalue weighted by atomic mass is 10.0. The summed E-state index contributed by atoms with van der Waals surface area (Å²) in [4.78, 5) is 20.0. The van der Waals surface area contributed by atoms with E-state index in [2.05, 4.69) is 32.7 Å². The third-order valence-corrected chi connectivity index (χ3v) is 7.47. The zero-order valence-corrected chi connectivity index (χ0v) is 22.5. The zero-order chi connectivity index (χ0) is 25.9. The van der Waals surface area contributed by atoms with Crippen LogP contribution in [0.2, 0.25) is 0 Å². The molecule has 2 N–H and O–H groups in total. The van der Waals surface area contributed by atoms with Crippen LogP contribution in [-0.4, -0.2) is 16.0 Å².